The van der Waals surface area contributed by atoms with E-state index in [0.717, 1.165) is 21.3 Å². The van der Waals surface area contributed by atoms with Crippen LogP contribution in [0.2, 0.25) is 5.02 Å². The summed E-state index contributed by atoms with van der Waals surface area (Å²) in [6.07, 6.45) is 0. The van der Waals surface area contributed by atoms with Crippen LogP contribution >= 0.6 is 22.9 Å². The van der Waals surface area contributed by atoms with Crippen molar-refractivity contribution in [1.82, 2.24) is 14.8 Å². The molecule has 0 aliphatic carbocycles. The van der Waals surface area contributed by atoms with E-state index in [1.165, 1.54) is 0 Å². The molecule has 0 spiro atoms. The topological polar surface area (TPSA) is 54.3 Å². The van der Waals surface area contributed by atoms with Crippen LogP contribution in [0.4, 0.5) is 0 Å². The molecule has 0 bridgehead atoms. The number of aromatic nitrogens is 1. The fraction of sp³-hybridized carbons (Fsp3) is 0.200. The van der Waals surface area contributed by atoms with E-state index in [4.69, 9.17) is 11.6 Å². The number of benzene rings is 2. The van der Waals surface area contributed by atoms with E-state index in [9.17, 15) is 9.59 Å². The molecule has 2 aromatic heterocycles. The van der Waals surface area contributed by atoms with Crippen LogP contribution in [0, 0.1) is 0 Å². The second-order valence-electron chi connectivity index (χ2n) is 8.22. The average molecular weight is 464 g/mol. The van der Waals surface area contributed by atoms with E-state index >= 15 is 0 Å². The van der Waals surface area contributed by atoms with Gasteiger partial charge >= 0.3 is 0 Å². The van der Waals surface area contributed by atoms with Gasteiger partial charge in [0.15, 0.2) is 0 Å². The van der Waals surface area contributed by atoms with E-state index in [2.05, 4.69) is 5.32 Å². The Bertz CT molecular complexity index is 1310. The third-order valence-electron chi connectivity index (χ3n) is 6.10. The van der Waals surface area contributed by atoms with Crippen LogP contribution in [0.1, 0.15) is 28.5 Å². The molecule has 1 aliphatic rings. The van der Waals surface area contributed by atoms with Crippen molar-refractivity contribution in [2.75, 3.05) is 0 Å². The van der Waals surface area contributed by atoms with Gasteiger partial charge in [-0.15, -0.1) is 11.3 Å². The summed E-state index contributed by atoms with van der Waals surface area (Å²) in [4.78, 5) is 29.9. The maximum atomic E-state index is 13.7. The first-order valence-corrected chi connectivity index (χ1v) is 11.7. The van der Waals surface area contributed by atoms with Crippen LogP contribution in [0.15, 0.2) is 72.1 Å². The maximum Gasteiger partial charge on any atom is 0.271 e. The van der Waals surface area contributed by atoms with Crippen LogP contribution in [0.25, 0.3) is 10.2 Å². The molecule has 2 amide bonds. The first-order valence-electron chi connectivity index (χ1n) is 10.4. The molecule has 1 unspecified atom stereocenters. The highest BCUT2D eigenvalue weighted by atomic mass is 35.5. The molecule has 3 heterocycles. The number of thiophene rings is 1. The molecular formula is C25H22ClN3O2S. The van der Waals surface area contributed by atoms with Gasteiger partial charge in [-0.2, -0.15) is 0 Å². The van der Waals surface area contributed by atoms with Crippen molar-refractivity contribution in [3.8, 4) is 0 Å². The lowest BCUT2D eigenvalue weighted by Gasteiger charge is -2.44. The Morgan fingerprint density at radius 2 is 1.88 bits per heavy atom. The van der Waals surface area contributed by atoms with Gasteiger partial charge < -0.3 is 14.8 Å². The first-order chi connectivity index (χ1) is 15.5. The van der Waals surface area contributed by atoms with Crippen molar-refractivity contribution in [3.05, 3.63) is 94.0 Å². The molecule has 32 heavy (non-hydrogen) atoms. The molecule has 4 aromatic rings. The smallest absolute Gasteiger partial charge is 0.271 e. The normalized spacial score (nSPS) is 18.1. The van der Waals surface area contributed by atoms with E-state index < -0.39 is 5.54 Å². The van der Waals surface area contributed by atoms with E-state index in [1.807, 2.05) is 77.5 Å². The van der Waals surface area contributed by atoms with Gasteiger partial charge in [-0.05, 0) is 41.6 Å². The van der Waals surface area contributed by atoms with Crippen molar-refractivity contribution in [2.24, 2.45) is 0 Å². The number of rotatable bonds is 5. The van der Waals surface area contributed by atoms with Gasteiger partial charge in [-0.3, -0.25) is 9.59 Å². The van der Waals surface area contributed by atoms with Crippen LogP contribution in [-0.2, 0) is 24.4 Å². The second-order valence-corrected chi connectivity index (χ2v) is 9.52. The number of hydrogen-bond donors (Lipinski definition) is 1. The monoisotopic (exact) mass is 463 g/mol. The van der Waals surface area contributed by atoms with Gasteiger partial charge in [0, 0.05) is 23.5 Å². The molecule has 1 N–H and O–H groups in total. The summed E-state index contributed by atoms with van der Waals surface area (Å²) in [6, 6.07) is 21.1. The molecule has 1 aliphatic heterocycles. The minimum Gasteiger partial charge on any atom is -0.350 e. The zero-order chi connectivity index (χ0) is 22.3. The molecule has 5 nitrogen and oxygen atoms in total. The highest BCUT2D eigenvalue weighted by molar-refractivity contribution is 7.16. The fourth-order valence-electron chi connectivity index (χ4n) is 4.27. The van der Waals surface area contributed by atoms with Gasteiger partial charge in [0.25, 0.3) is 5.91 Å². The first kappa shape index (κ1) is 20.8. The predicted octanol–water partition coefficient (Wildman–Crippen LogP) is 5.09. The number of halogens is 1. The van der Waals surface area contributed by atoms with E-state index in [0.29, 0.717) is 23.8 Å². The lowest BCUT2D eigenvalue weighted by atomic mass is 9.93. The van der Waals surface area contributed by atoms with E-state index in [1.54, 1.807) is 22.3 Å². The molecule has 7 heteroatoms. The predicted molar refractivity (Wildman–Crippen MR) is 128 cm³/mol. The molecule has 0 saturated carbocycles. The molecule has 0 radical (unpaired) electrons. The average Bonchev–Trinajstić information content (AvgIpc) is 3.39. The standard InChI is InChI=1S/C25H22ClN3O2S/c1-25(24(31)27-14-17-7-3-2-4-8-17)16-28-21(13-18-11-12-32-23(18)28)22(30)29(25)15-19-9-5-6-10-20(19)26/h2-13H,14-16H2,1H3,(H,27,31). The van der Waals surface area contributed by atoms with E-state index in [-0.39, 0.29) is 18.4 Å². The summed E-state index contributed by atoms with van der Waals surface area (Å²) in [5, 5.41) is 6.65. The van der Waals surface area contributed by atoms with Gasteiger partial charge in [-0.1, -0.05) is 60.1 Å². The van der Waals surface area contributed by atoms with Crippen molar-refractivity contribution < 1.29 is 9.59 Å². The van der Waals surface area contributed by atoms with Crippen LogP contribution in [0.5, 0.6) is 0 Å². The number of hydrogen-bond acceptors (Lipinski definition) is 3. The SMILES string of the molecule is CC1(C(=O)NCc2ccccc2)Cn2c(cc3ccsc32)C(=O)N1Cc1ccccc1Cl. The van der Waals surface area contributed by atoms with Crippen molar-refractivity contribution in [2.45, 2.75) is 32.1 Å². The highest BCUT2D eigenvalue weighted by Crippen LogP contribution is 2.36. The van der Waals surface area contributed by atoms with Crippen LogP contribution in [-0.4, -0.2) is 26.8 Å². The molecule has 5 rings (SSSR count). The van der Waals surface area contributed by atoms with Gasteiger partial charge in [0.05, 0.1) is 6.54 Å². The quantitative estimate of drug-likeness (QED) is 0.448. The Morgan fingerprint density at radius 1 is 1.12 bits per heavy atom. The lowest BCUT2D eigenvalue weighted by Crippen LogP contribution is -2.63. The third kappa shape index (κ3) is 3.49. The number of carbonyl (C=O) groups excluding carboxylic acids is 2. The van der Waals surface area contributed by atoms with Crippen molar-refractivity contribution in [1.29, 1.82) is 0 Å². The lowest BCUT2D eigenvalue weighted by molar-refractivity contribution is -0.133. The second kappa shape index (κ2) is 8.11. The molecular weight excluding hydrogens is 442 g/mol. The van der Waals surface area contributed by atoms with Crippen LogP contribution in [0.3, 0.4) is 0 Å². The molecule has 2 aromatic carbocycles. The fourth-order valence-corrected chi connectivity index (χ4v) is 5.36. The zero-order valence-electron chi connectivity index (χ0n) is 17.5. The third-order valence-corrected chi connectivity index (χ3v) is 7.42. The van der Waals surface area contributed by atoms with Crippen LogP contribution < -0.4 is 5.32 Å². The highest BCUT2D eigenvalue weighted by Gasteiger charge is 2.47. The Morgan fingerprint density at radius 3 is 2.66 bits per heavy atom. The van der Waals surface area contributed by atoms with Gasteiger partial charge in [0.2, 0.25) is 5.91 Å². The Balaban J connectivity index is 1.53. The number of nitrogens with zero attached hydrogens (tertiary/aromatic N) is 2. The largest absolute Gasteiger partial charge is 0.350 e. The Kier molecular flexibility index (Phi) is 5.27. The number of fused-ring (bicyclic) bond motifs is 3. The van der Waals surface area contributed by atoms with Gasteiger partial charge in [0.1, 0.15) is 16.1 Å². The Labute approximate surface area is 195 Å². The zero-order valence-corrected chi connectivity index (χ0v) is 19.1. The number of amides is 2. The minimum absolute atomic E-state index is 0.170. The minimum atomic E-state index is -1.08. The molecule has 1 atom stereocenters. The van der Waals surface area contributed by atoms with Gasteiger partial charge in [-0.25, -0.2) is 0 Å². The number of carbonyl (C=O) groups is 2. The Hall–Kier alpha value is -3.09. The summed E-state index contributed by atoms with van der Waals surface area (Å²) in [5.41, 5.74) is 1.35. The van der Waals surface area contributed by atoms with Crippen molar-refractivity contribution >= 4 is 45.0 Å². The number of nitrogens with one attached hydrogen (secondary N) is 1. The van der Waals surface area contributed by atoms with Crippen molar-refractivity contribution in [3.63, 3.8) is 0 Å². The maximum absolute atomic E-state index is 13.7. The molecule has 162 valence electrons. The molecule has 0 saturated heterocycles. The summed E-state index contributed by atoms with van der Waals surface area (Å²) >= 11 is 7.99. The summed E-state index contributed by atoms with van der Waals surface area (Å²) in [6.45, 7) is 2.87. The molecule has 0 fully saturated rings. The summed E-state index contributed by atoms with van der Waals surface area (Å²) in [7, 11) is 0. The summed E-state index contributed by atoms with van der Waals surface area (Å²) in [5.74, 6) is -0.359. The summed E-state index contributed by atoms with van der Waals surface area (Å²) < 4.78 is 1.98.